The summed E-state index contributed by atoms with van der Waals surface area (Å²) in [6.45, 7) is 11.2. The SMILES string of the molecule is CC(C)NCc1ccc(N2C[C@@H](C)O[C@@H](C)C2)cc1Cl. The Balaban J connectivity index is 2.08. The molecule has 0 unspecified atom stereocenters. The monoisotopic (exact) mass is 296 g/mol. The van der Waals surface area contributed by atoms with Crippen LogP contribution in [0.15, 0.2) is 18.2 Å². The molecule has 0 radical (unpaired) electrons. The number of morpholine rings is 1. The molecule has 20 heavy (non-hydrogen) atoms. The molecule has 3 nitrogen and oxygen atoms in total. The molecule has 1 saturated heterocycles. The molecule has 2 atom stereocenters. The van der Waals surface area contributed by atoms with Gasteiger partial charge < -0.3 is 15.0 Å². The number of halogens is 1. The van der Waals surface area contributed by atoms with Gasteiger partial charge >= 0.3 is 0 Å². The van der Waals surface area contributed by atoms with Gasteiger partial charge in [0, 0.05) is 36.4 Å². The minimum absolute atomic E-state index is 0.264. The zero-order valence-electron chi connectivity index (χ0n) is 12.8. The van der Waals surface area contributed by atoms with Crippen LogP contribution < -0.4 is 10.2 Å². The number of hydrogen-bond acceptors (Lipinski definition) is 3. The molecule has 0 saturated carbocycles. The van der Waals surface area contributed by atoms with Crippen molar-refractivity contribution < 1.29 is 4.74 Å². The van der Waals surface area contributed by atoms with Crippen LogP contribution in [0.3, 0.4) is 0 Å². The van der Waals surface area contributed by atoms with Crippen molar-refractivity contribution in [1.29, 1.82) is 0 Å². The van der Waals surface area contributed by atoms with Gasteiger partial charge in [-0.1, -0.05) is 31.5 Å². The minimum Gasteiger partial charge on any atom is -0.372 e. The van der Waals surface area contributed by atoms with Gasteiger partial charge in [0.15, 0.2) is 0 Å². The van der Waals surface area contributed by atoms with Crippen molar-refractivity contribution in [3.63, 3.8) is 0 Å². The van der Waals surface area contributed by atoms with Gasteiger partial charge in [-0.25, -0.2) is 0 Å². The minimum atomic E-state index is 0.264. The van der Waals surface area contributed by atoms with Crippen LogP contribution in [0.2, 0.25) is 5.02 Å². The summed E-state index contributed by atoms with van der Waals surface area (Å²) in [5.41, 5.74) is 2.34. The van der Waals surface area contributed by atoms with Crippen molar-refractivity contribution in [1.82, 2.24) is 5.32 Å². The normalized spacial score (nSPS) is 23.4. The molecular formula is C16H25ClN2O. The van der Waals surface area contributed by atoms with E-state index in [1.807, 2.05) is 0 Å². The molecule has 1 heterocycles. The predicted molar refractivity (Wildman–Crippen MR) is 85.6 cm³/mol. The highest BCUT2D eigenvalue weighted by atomic mass is 35.5. The third kappa shape index (κ3) is 4.11. The highest BCUT2D eigenvalue weighted by Gasteiger charge is 2.22. The van der Waals surface area contributed by atoms with Gasteiger partial charge in [-0.15, -0.1) is 0 Å². The third-order valence-corrected chi connectivity index (χ3v) is 3.87. The summed E-state index contributed by atoms with van der Waals surface area (Å²) < 4.78 is 5.77. The molecule has 4 heteroatoms. The zero-order valence-corrected chi connectivity index (χ0v) is 13.6. The summed E-state index contributed by atoms with van der Waals surface area (Å²) in [6, 6.07) is 6.82. The number of anilines is 1. The van der Waals surface area contributed by atoms with E-state index in [9.17, 15) is 0 Å². The first kappa shape index (κ1) is 15.6. The number of nitrogens with zero attached hydrogens (tertiary/aromatic N) is 1. The number of ether oxygens (including phenoxy) is 1. The number of hydrogen-bond donors (Lipinski definition) is 1. The lowest BCUT2D eigenvalue weighted by Crippen LogP contribution is -2.45. The molecule has 1 aromatic carbocycles. The Morgan fingerprint density at radius 3 is 2.50 bits per heavy atom. The molecule has 0 bridgehead atoms. The molecule has 1 fully saturated rings. The highest BCUT2D eigenvalue weighted by Crippen LogP contribution is 2.26. The zero-order chi connectivity index (χ0) is 14.7. The van der Waals surface area contributed by atoms with E-state index in [4.69, 9.17) is 16.3 Å². The van der Waals surface area contributed by atoms with Gasteiger partial charge in [0.25, 0.3) is 0 Å². The van der Waals surface area contributed by atoms with Crippen molar-refractivity contribution in [2.24, 2.45) is 0 Å². The number of benzene rings is 1. The second-order valence-electron chi connectivity index (χ2n) is 5.97. The fourth-order valence-corrected chi connectivity index (χ4v) is 2.82. The van der Waals surface area contributed by atoms with Crippen molar-refractivity contribution in [2.75, 3.05) is 18.0 Å². The Morgan fingerprint density at radius 2 is 1.95 bits per heavy atom. The summed E-state index contributed by atoms with van der Waals surface area (Å²) >= 11 is 6.41. The van der Waals surface area contributed by atoms with E-state index in [0.29, 0.717) is 6.04 Å². The first-order valence-corrected chi connectivity index (χ1v) is 7.75. The van der Waals surface area contributed by atoms with Gasteiger partial charge in [0.1, 0.15) is 0 Å². The average molecular weight is 297 g/mol. The Hall–Kier alpha value is -0.770. The molecule has 0 aliphatic carbocycles. The molecular weight excluding hydrogens is 272 g/mol. The predicted octanol–water partition coefficient (Wildman–Crippen LogP) is 3.45. The molecule has 2 rings (SSSR count). The molecule has 0 spiro atoms. The molecule has 1 aliphatic heterocycles. The maximum Gasteiger partial charge on any atom is 0.0726 e. The van der Waals surface area contributed by atoms with Crippen molar-refractivity contribution in [2.45, 2.75) is 52.5 Å². The number of nitrogens with one attached hydrogen (secondary N) is 1. The lowest BCUT2D eigenvalue weighted by Gasteiger charge is -2.37. The van der Waals surface area contributed by atoms with Gasteiger partial charge in [-0.2, -0.15) is 0 Å². The molecule has 1 N–H and O–H groups in total. The van der Waals surface area contributed by atoms with Gasteiger partial charge in [0.2, 0.25) is 0 Å². The van der Waals surface area contributed by atoms with Crippen LogP contribution in [0.5, 0.6) is 0 Å². The first-order chi connectivity index (χ1) is 9.45. The second kappa shape index (κ2) is 6.79. The molecule has 1 aromatic rings. The molecule has 0 aromatic heterocycles. The van der Waals surface area contributed by atoms with Crippen LogP contribution >= 0.6 is 11.6 Å². The summed E-state index contributed by atoms with van der Waals surface area (Å²) in [6.07, 6.45) is 0.527. The van der Waals surface area contributed by atoms with E-state index in [0.717, 1.165) is 30.2 Å². The third-order valence-electron chi connectivity index (χ3n) is 3.52. The smallest absolute Gasteiger partial charge is 0.0726 e. The van der Waals surface area contributed by atoms with E-state index in [1.165, 1.54) is 5.69 Å². The summed E-state index contributed by atoms with van der Waals surface area (Å²) in [5, 5.41) is 4.23. The first-order valence-electron chi connectivity index (χ1n) is 7.38. The molecule has 112 valence electrons. The second-order valence-corrected chi connectivity index (χ2v) is 6.38. The van der Waals surface area contributed by atoms with E-state index in [-0.39, 0.29) is 12.2 Å². The van der Waals surface area contributed by atoms with Gasteiger partial charge in [0.05, 0.1) is 12.2 Å². The van der Waals surface area contributed by atoms with E-state index >= 15 is 0 Å². The van der Waals surface area contributed by atoms with Crippen molar-refractivity contribution >= 4 is 17.3 Å². The van der Waals surface area contributed by atoms with Crippen LogP contribution in [0.1, 0.15) is 33.3 Å². The molecule has 1 aliphatic rings. The summed E-state index contributed by atoms with van der Waals surface area (Å²) in [4.78, 5) is 2.35. The van der Waals surface area contributed by atoms with Crippen LogP contribution in [-0.2, 0) is 11.3 Å². The Morgan fingerprint density at radius 1 is 1.30 bits per heavy atom. The summed E-state index contributed by atoms with van der Waals surface area (Å²) in [5.74, 6) is 0. The van der Waals surface area contributed by atoms with Crippen molar-refractivity contribution in [3.05, 3.63) is 28.8 Å². The largest absolute Gasteiger partial charge is 0.372 e. The van der Waals surface area contributed by atoms with Crippen LogP contribution in [0.25, 0.3) is 0 Å². The fraction of sp³-hybridized carbons (Fsp3) is 0.625. The molecule has 0 amide bonds. The van der Waals surface area contributed by atoms with E-state index in [1.54, 1.807) is 0 Å². The standard InChI is InChI=1S/C16H25ClN2O/c1-11(2)18-8-14-5-6-15(7-16(14)17)19-9-12(3)20-13(4)10-19/h5-7,11-13,18H,8-10H2,1-4H3/t12-,13+. The fourth-order valence-electron chi connectivity index (χ4n) is 2.58. The van der Waals surface area contributed by atoms with Gasteiger partial charge in [-0.05, 0) is 31.5 Å². The highest BCUT2D eigenvalue weighted by molar-refractivity contribution is 6.31. The van der Waals surface area contributed by atoms with E-state index < -0.39 is 0 Å². The van der Waals surface area contributed by atoms with E-state index in [2.05, 4.69) is 56.1 Å². The van der Waals surface area contributed by atoms with Crippen LogP contribution in [0.4, 0.5) is 5.69 Å². The Bertz CT molecular complexity index is 440. The van der Waals surface area contributed by atoms with Crippen molar-refractivity contribution in [3.8, 4) is 0 Å². The summed E-state index contributed by atoms with van der Waals surface area (Å²) in [7, 11) is 0. The maximum absolute atomic E-state index is 6.41. The quantitative estimate of drug-likeness (QED) is 0.921. The van der Waals surface area contributed by atoms with Crippen LogP contribution in [0, 0.1) is 0 Å². The lowest BCUT2D eigenvalue weighted by molar-refractivity contribution is -0.00521. The maximum atomic E-state index is 6.41. The van der Waals surface area contributed by atoms with Crippen LogP contribution in [-0.4, -0.2) is 31.3 Å². The number of rotatable bonds is 4. The lowest BCUT2D eigenvalue weighted by atomic mass is 10.1. The average Bonchev–Trinajstić information content (AvgIpc) is 2.35. The van der Waals surface area contributed by atoms with Gasteiger partial charge in [-0.3, -0.25) is 0 Å². The Labute approximate surface area is 127 Å². The Kier molecular flexibility index (Phi) is 5.30. The topological polar surface area (TPSA) is 24.5 Å².